The summed E-state index contributed by atoms with van der Waals surface area (Å²) in [5.41, 5.74) is 1.79. The zero-order valence-electron chi connectivity index (χ0n) is 7.56. The monoisotopic (exact) mass is 186 g/mol. The number of alkyl halides is 2. The van der Waals surface area contributed by atoms with Crippen molar-refractivity contribution in [2.45, 2.75) is 32.1 Å². The number of aryl methyl sites for hydroxylation is 1. The molecule has 2 rings (SSSR count). The molecule has 1 aromatic heterocycles. The van der Waals surface area contributed by atoms with Crippen LogP contribution in [0, 0.1) is 0 Å². The Balaban J connectivity index is 2.47. The lowest BCUT2D eigenvalue weighted by Crippen LogP contribution is -2.05. The van der Waals surface area contributed by atoms with Crippen molar-refractivity contribution in [3.8, 4) is 0 Å². The van der Waals surface area contributed by atoms with Crippen LogP contribution < -0.4 is 0 Å². The highest BCUT2D eigenvalue weighted by Crippen LogP contribution is 2.29. The average Bonchev–Trinajstić information content (AvgIpc) is 2.45. The lowest BCUT2D eigenvalue weighted by molar-refractivity contribution is 0.144. The van der Waals surface area contributed by atoms with Gasteiger partial charge >= 0.3 is 0 Å². The summed E-state index contributed by atoms with van der Waals surface area (Å²) >= 11 is 0. The molecule has 1 aliphatic rings. The zero-order chi connectivity index (χ0) is 9.42. The Bertz CT molecular complexity index is 318. The largest absolute Gasteiger partial charge is 0.282 e. The topological polar surface area (TPSA) is 17.8 Å². The molecule has 0 unspecified atom stereocenters. The maximum atomic E-state index is 12.5. The highest BCUT2D eigenvalue weighted by atomic mass is 19.3. The lowest BCUT2D eigenvalue weighted by atomic mass is 9.96. The molecule has 1 aromatic rings. The number of aromatic nitrogens is 2. The minimum Gasteiger partial charge on any atom is -0.272 e. The van der Waals surface area contributed by atoms with Crippen molar-refractivity contribution < 1.29 is 8.78 Å². The van der Waals surface area contributed by atoms with Gasteiger partial charge in [0, 0.05) is 18.3 Å². The first-order chi connectivity index (χ1) is 6.20. The molecule has 0 spiro atoms. The summed E-state index contributed by atoms with van der Waals surface area (Å²) in [6, 6.07) is 0. The third-order valence-corrected chi connectivity index (χ3v) is 2.60. The van der Waals surface area contributed by atoms with E-state index in [1.165, 1.54) is 0 Å². The summed E-state index contributed by atoms with van der Waals surface area (Å²) in [6.45, 7) is 0. The molecule has 0 saturated heterocycles. The van der Waals surface area contributed by atoms with Gasteiger partial charge in [0.2, 0.25) is 0 Å². The van der Waals surface area contributed by atoms with Gasteiger partial charge in [-0.25, -0.2) is 8.78 Å². The van der Waals surface area contributed by atoms with Crippen LogP contribution in [0.15, 0.2) is 0 Å². The van der Waals surface area contributed by atoms with Crippen LogP contribution in [0.5, 0.6) is 0 Å². The number of fused-ring (bicyclic) bond motifs is 1. The van der Waals surface area contributed by atoms with Crippen LogP contribution in [0.4, 0.5) is 8.78 Å². The van der Waals surface area contributed by atoms with Crippen LogP contribution in [0.3, 0.4) is 0 Å². The van der Waals surface area contributed by atoms with Gasteiger partial charge in [-0.3, -0.25) is 4.68 Å². The van der Waals surface area contributed by atoms with Gasteiger partial charge in [-0.15, -0.1) is 0 Å². The molecular weight excluding hydrogens is 174 g/mol. The fourth-order valence-corrected chi connectivity index (χ4v) is 1.98. The molecule has 0 aromatic carbocycles. The fraction of sp³-hybridized carbons (Fsp3) is 0.667. The first kappa shape index (κ1) is 8.66. The van der Waals surface area contributed by atoms with Crippen LogP contribution >= 0.6 is 0 Å². The highest BCUT2D eigenvalue weighted by Gasteiger charge is 2.24. The van der Waals surface area contributed by atoms with E-state index in [4.69, 9.17) is 0 Å². The van der Waals surface area contributed by atoms with E-state index in [-0.39, 0.29) is 5.69 Å². The van der Waals surface area contributed by atoms with Crippen LogP contribution in [0.1, 0.15) is 36.2 Å². The molecular formula is C9H12F2N2. The van der Waals surface area contributed by atoms with E-state index in [9.17, 15) is 8.78 Å². The highest BCUT2D eigenvalue weighted by molar-refractivity contribution is 5.29. The van der Waals surface area contributed by atoms with Gasteiger partial charge in [-0.1, -0.05) is 0 Å². The molecule has 0 radical (unpaired) electrons. The SMILES string of the molecule is Cn1nc(C(F)F)c2c1CCCC2. The van der Waals surface area contributed by atoms with Crippen molar-refractivity contribution in [3.05, 3.63) is 17.0 Å². The van der Waals surface area contributed by atoms with Crippen molar-refractivity contribution in [3.63, 3.8) is 0 Å². The van der Waals surface area contributed by atoms with Gasteiger partial charge in [0.25, 0.3) is 6.43 Å². The van der Waals surface area contributed by atoms with E-state index in [1.807, 2.05) is 0 Å². The molecule has 0 aliphatic heterocycles. The van der Waals surface area contributed by atoms with E-state index in [1.54, 1.807) is 11.7 Å². The Morgan fingerprint density at radius 1 is 1.31 bits per heavy atom. The Morgan fingerprint density at radius 2 is 2.00 bits per heavy atom. The zero-order valence-corrected chi connectivity index (χ0v) is 7.56. The second kappa shape index (κ2) is 3.09. The van der Waals surface area contributed by atoms with Gasteiger partial charge in [-0.2, -0.15) is 5.10 Å². The van der Waals surface area contributed by atoms with Crippen LogP contribution in [-0.2, 0) is 19.9 Å². The maximum absolute atomic E-state index is 12.5. The number of hydrogen-bond acceptors (Lipinski definition) is 1. The van der Waals surface area contributed by atoms with E-state index >= 15 is 0 Å². The molecule has 72 valence electrons. The normalized spacial score (nSPS) is 16.3. The molecule has 0 saturated carbocycles. The van der Waals surface area contributed by atoms with Crippen molar-refractivity contribution >= 4 is 0 Å². The number of halogens is 2. The van der Waals surface area contributed by atoms with Gasteiger partial charge in [0.05, 0.1) is 0 Å². The van der Waals surface area contributed by atoms with Crippen molar-refractivity contribution in [2.75, 3.05) is 0 Å². The Labute approximate surface area is 75.6 Å². The standard InChI is InChI=1S/C9H12F2N2/c1-13-7-5-3-2-4-6(7)8(12-13)9(10)11/h9H,2-5H2,1H3. The van der Waals surface area contributed by atoms with E-state index in [0.29, 0.717) is 0 Å². The third kappa shape index (κ3) is 1.34. The smallest absolute Gasteiger partial charge is 0.272 e. The van der Waals surface area contributed by atoms with E-state index < -0.39 is 6.43 Å². The molecule has 0 fully saturated rings. The van der Waals surface area contributed by atoms with Crippen molar-refractivity contribution in [2.24, 2.45) is 7.05 Å². The summed E-state index contributed by atoms with van der Waals surface area (Å²) in [4.78, 5) is 0. The average molecular weight is 186 g/mol. The van der Waals surface area contributed by atoms with Gasteiger partial charge < -0.3 is 0 Å². The molecule has 2 nitrogen and oxygen atoms in total. The number of hydrogen-bond donors (Lipinski definition) is 0. The molecule has 13 heavy (non-hydrogen) atoms. The van der Waals surface area contributed by atoms with Crippen molar-refractivity contribution in [1.82, 2.24) is 9.78 Å². The Kier molecular flexibility index (Phi) is 2.06. The minimum atomic E-state index is -2.42. The first-order valence-corrected chi connectivity index (χ1v) is 4.53. The van der Waals surface area contributed by atoms with Crippen LogP contribution in [0.2, 0.25) is 0 Å². The molecule has 1 heterocycles. The predicted octanol–water partition coefficient (Wildman–Crippen LogP) is 2.24. The Hall–Kier alpha value is -0.930. The third-order valence-electron chi connectivity index (χ3n) is 2.60. The van der Waals surface area contributed by atoms with Gasteiger partial charge in [0.15, 0.2) is 0 Å². The van der Waals surface area contributed by atoms with Gasteiger partial charge in [0.1, 0.15) is 5.69 Å². The second-order valence-electron chi connectivity index (χ2n) is 3.44. The van der Waals surface area contributed by atoms with Crippen LogP contribution in [0.25, 0.3) is 0 Å². The molecule has 0 bridgehead atoms. The Morgan fingerprint density at radius 3 is 2.69 bits per heavy atom. The summed E-state index contributed by atoms with van der Waals surface area (Å²) in [5.74, 6) is 0. The second-order valence-corrected chi connectivity index (χ2v) is 3.44. The molecule has 4 heteroatoms. The van der Waals surface area contributed by atoms with Crippen LogP contribution in [-0.4, -0.2) is 9.78 Å². The number of rotatable bonds is 1. The summed E-state index contributed by atoms with van der Waals surface area (Å²) in [5, 5.41) is 3.86. The van der Waals surface area contributed by atoms with Gasteiger partial charge in [-0.05, 0) is 25.7 Å². The summed E-state index contributed by atoms with van der Waals surface area (Å²) in [7, 11) is 1.75. The maximum Gasteiger partial charge on any atom is 0.282 e. The predicted molar refractivity (Wildman–Crippen MR) is 44.8 cm³/mol. The molecule has 0 atom stereocenters. The number of nitrogens with zero attached hydrogens (tertiary/aromatic N) is 2. The fourth-order valence-electron chi connectivity index (χ4n) is 1.98. The molecule has 0 amide bonds. The van der Waals surface area contributed by atoms with Crippen molar-refractivity contribution in [1.29, 1.82) is 0 Å². The minimum absolute atomic E-state index is 0.00259. The summed E-state index contributed by atoms with van der Waals surface area (Å²) in [6.07, 6.45) is 1.34. The first-order valence-electron chi connectivity index (χ1n) is 4.53. The quantitative estimate of drug-likeness (QED) is 0.657. The summed E-state index contributed by atoms with van der Waals surface area (Å²) < 4.78 is 26.6. The van der Waals surface area contributed by atoms with E-state index in [0.717, 1.165) is 36.9 Å². The molecule has 0 N–H and O–H groups in total. The molecule has 1 aliphatic carbocycles. The van der Waals surface area contributed by atoms with E-state index in [2.05, 4.69) is 5.10 Å². The lowest BCUT2D eigenvalue weighted by Gasteiger charge is -2.12.